The number of aromatic nitrogens is 1. The van der Waals surface area contributed by atoms with Gasteiger partial charge in [0.1, 0.15) is 0 Å². The van der Waals surface area contributed by atoms with Crippen LogP contribution in [0.2, 0.25) is 0 Å². The van der Waals surface area contributed by atoms with Gasteiger partial charge < -0.3 is 15.0 Å². The fourth-order valence-corrected chi connectivity index (χ4v) is 3.74. The number of hydrogen-bond acceptors (Lipinski definition) is 5. The van der Waals surface area contributed by atoms with Crippen molar-refractivity contribution in [3.63, 3.8) is 0 Å². The highest BCUT2D eigenvalue weighted by Crippen LogP contribution is 2.32. The summed E-state index contributed by atoms with van der Waals surface area (Å²) in [5, 5.41) is 4.69. The van der Waals surface area contributed by atoms with Gasteiger partial charge in [-0.2, -0.15) is 0 Å². The molecular weight excluding hydrogens is 282 g/mol. The summed E-state index contributed by atoms with van der Waals surface area (Å²) < 4.78 is 5.32. The van der Waals surface area contributed by atoms with Gasteiger partial charge in [0.2, 0.25) is 0 Å². The average Bonchev–Trinajstić information content (AvgIpc) is 3.05. The molecule has 120 valence electrons. The van der Waals surface area contributed by atoms with Crippen LogP contribution in [-0.4, -0.2) is 30.7 Å². The normalized spacial score (nSPS) is 16.6. The molecule has 0 bridgehead atoms. The zero-order valence-electron chi connectivity index (χ0n) is 14.0. The van der Waals surface area contributed by atoms with Crippen LogP contribution in [0.3, 0.4) is 0 Å². The third-order valence-electron chi connectivity index (χ3n) is 4.00. The van der Waals surface area contributed by atoms with Crippen molar-refractivity contribution < 1.29 is 4.74 Å². The van der Waals surface area contributed by atoms with Gasteiger partial charge in [0.15, 0.2) is 5.13 Å². The number of nitrogens with zero attached hydrogens (tertiary/aromatic N) is 2. The van der Waals surface area contributed by atoms with Crippen molar-refractivity contribution in [2.45, 2.75) is 71.2 Å². The number of thiazole rings is 1. The minimum Gasteiger partial charge on any atom is -0.378 e. The van der Waals surface area contributed by atoms with E-state index in [0.717, 1.165) is 17.4 Å². The summed E-state index contributed by atoms with van der Waals surface area (Å²) in [4.78, 5) is 8.49. The Morgan fingerprint density at radius 1 is 1.33 bits per heavy atom. The lowest BCUT2D eigenvalue weighted by molar-refractivity contribution is 0.181. The first-order valence-corrected chi connectivity index (χ1v) is 8.68. The largest absolute Gasteiger partial charge is 0.378 e. The second kappa shape index (κ2) is 7.07. The molecule has 1 aromatic rings. The van der Waals surface area contributed by atoms with Gasteiger partial charge in [0, 0.05) is 37.2 Å². The first-order valence-electron chi connectivity index (χ1n) is 7.86. The van der Waals surface area contributed by atoms with Crippen LogP contribution >= 0.6 is 11.3 Å². The number of ether oxygens (including phenoxy) is 1. The SMILES string of the molecule is COCc1nc(N(C)C2CCCC2)sc1CNC(C)(C)C. The molecule has 0 unspecified atom stereocenters. The van der Waals surface area contributed by atoms with Crippen LogP contribution in [0, 0.1) is 0 Å². The molecule has 0 saturated heterocycles. The molecule has 1 aliphatic rings. The molecular formula is C16H29N3OS. The lowest BCUT2D eigenvalue weighted by Crippen LogP contribution is -2.35. The maximum Gasteiger partial charge on any atom is 0.185 e. The highest BCUT2D eigenvalue weighted by molar-refractivity contribution is 7.15. The third-order valence-corrected chi connectivity index (χ3v) is 5.19. The topological polar surface area (TPSA) is 37.4 Å². The molecule has 4 nitrogen and oxygen atoms in total. The van der Waals surface area contributed by atoms with E-state index in [4.69, 9.17) is 9.72 Å². The Labute approximate surface area is 132 Å². The van der Waals surface area contributed by atoms with Crippen LogP contribution in [0.1, 0.15) is 57.0 Å². The lowest BCUT2D eigenvalue weighted by Gasteiger charge is -2.23. The smallest absolute Gasteiger partial charge is 0.185 e. The molecule has 5 heteroatoms. The van der Waals surface area contributed by atoms with Crippen molar-refractivity contribution in [1.29, 1.82) is 0 Å². The quantitative estimate of drug-likeness (QED) is 0.871. The minimum atomic E-state index is 0.117. The lowest BCUT2D eigenvalue weighted by atomic mass is 10.1. The van der Waals surface area contributed by atoms with Gasteiger partial charge in [0.25, 0.3) is 0 Å². The van der Waals surface area contributed by atoms with Gasteiger partial charge in [0.05, 0.1) is 12.3 Å². The molecule has 1 aliphatic carbocycles. The van der Waals surface area contributed by atoms with E-state index >= 15 is 0 Å². The summed E-state index contributed by atoms with van der Waals surface area (Å²) in [7, 11) is 3.92. The second-order valence-corrected chi connectivity index (χ2v) is 8.01. The molecule has 2 rings (SSSR count). The van der Waals surface area contributed by atoms with Crippen molar-refractivity contribution in [2.24, 2.45) is 0 Å². The Bertz CT molecular complexity index is 447. The Balaban J connectivity index is 2.11. The van der Waals surface area contributed by atoms with Crippen LogP contribution in [0.25, 0.3) is 0 Å². The number of hydrogen-bond donors (Lipinski definition) is 1. The fourth-order valence-electron chi connectivity index (χ4n) is 2.70. The van der Waals surface area contributed by atoms with Crippen molar-refractivity contribution in [3.05, 3.63) is 10.6 Å². The zero-order valence-corrected chi connectivity index (χ0v) is 14.8. The number of methoxy groups -OCH3 is 1. The first-order chi connectivity index (χ1) is 9.90. The van der Waals surface area contributed by atoms with Gasteiger partial charge in [-0.05, 0) is 33.6 Å². The Morgan fingerprint density at radius 2 is 2.00 bits per heavy atom. The monoisotopic (exact) mass is 311 g/mol. The molecule has 1 heterocycles. The Morgan fingerprint density at radius 3 is 2.57 bits per heavy atom. The summed E-state index contributed by atoms with van der Waals surface area (Å²) in [5.74, 6) is 0. The number of nitrogens with one attached hydrogen (secondary N) is 1. The average molecular weight is 311 g/mol. The van der Waals surface area contributed by atoms with Crippen molar-refractivity contribution in [3.8, 4) is 0 Å². The van der Waals surface area contributed by atoms with E-state index in [1.165, 1.54) is 30.6 Å². The number of rotatable bonds is 6. The van der Waals surface area contributed by atoms with Gasteiger partial charge in [-0.15, -0.1) is 11.3 Å². The molecule has 0 atom stereocenters. The molecule has 0 spiro atoms. The molecule has 0 radical (unpaired) electrons. The predicted molar refractivity (Wildman–Crippen MR) is 90.1 cm³/mol. The van der Waals surface area contributed by atoms with Crippen LogP contribution in [0.5, 0.6) is 0 Å². The minimum absolute atomic E-state index is 0.117. The molecule has 1 saturated carbocycles. The summed E-state index contributed by atoms with van der Waals surface area (Å²) in [6.07, 6.45) is 5.30. The van der Waals surface area contributed by atoms with E-state index in [-0.39, 0.29) is 5.54 Å². The van der Waals surface area contributed by atoms with Crippen molar-refractivity contribution in [1.82, 2.24) is 10.3 Å². The van der Waals surface area contributed by atoms with Gasteiger partial charge in [-0.3, -0.25) is 0 Å². The predicted octanol–water partition coefficient (Wildman–Crippen LogP) is 3.56. The van der Waals surface area contributed by atoms with E-state index in [9.17, 15) is 0 Å². The summed E-state index contributed by atoms with van der Waals surface area (Å²) in [5.41, 5.74) is 1.20. The van der Waals surface area contributed by atoms with Gasteiger partial charge in [-0.25, -0.2) is 4.98 Å². The first kappa shape index (κ1) is 16.7. The van der Waals surface area contributed by atoms with Crippen LogP contribution in [-0.2, 0) is 17.9 Å². The van der Waals surface area contributed by atoms with E-state index < -0.39 is 0 Å². The number of anilines is 1. The third kappa shape index (κ3) is 4.66. The van der Waals surface area contributed by atoms with Crippen LogP contribution in [0.4, 0.5) is 5.13 Å². The summed E-state index contributed by atoms with van der Waals surface area (Å²) in [6, 6.07) is 0.662. The molecule has 0 aromatic carbocycles. The van der Waals surface area contributed by atoms with Crippen LogP contribution in [0.15, 0.2) is 0 Å². The van der Waals surface area contributed by atoms with Crippen molar-refractivity contribution in [2.75, 3.05) is 19.1 Å². The molecule has 0 aliphatic heterocycles. The molecule has 21 heavy (non-hydrogen) atoms. The fraction of sp³-hybridized carbons (Fsp3) is 0.812. The van der Waals surface area contributed by atoms with Gasteiger partial charge in [-0.1, -0.05) is 12.8 Å². The highest BCUT2D eigenvalue weighted by Gasteiger charge is 2.23. The zero-order chi connectivity index (χ0) is 15.5. The standard InChI is InChI=1S/C16H29N3OS/c1-16(2,3)17-10-14-13(11-20-5)18-15(21-14)19(4)12-8-6-7-9-12/h12,17H,6-11H2,1-5H3. The van der Waals surface area contributed by atoms with Crippen molar-refractivity contribution >= 4 is 16.5 Å². The molecule has 1 fully saturated rings. The van der Waals surface area contributed by atoms with E-state index in [0.29, 0.717) is 12.6 Å². The highest BCUT2D eigenvalue weighted by atomic mass is 32.1. The van der Waals surface area contributed by atoms with E-state index in [2.05, 4.69) is 38.0 Å². The van der Waals surface area contributed by atoms with Gasteiger partial charge >= 0.3 is 0 Å². The summed E-state index contributed by atoms with van der Waals surface area (Å²) >= 11 is 1.81. The van der Waals surface area contributed by atoms with E-state index in [1.807, 2.05) is 11.3 Å². The molecule has 1 aromatic heterocycles. The molecule has 1 N–H and O–H groups in total. The maximum atomic E-state index is 5.32. The maximum absolute atomic E-state index is 5.32. The van der Waals surface area contributed by atoms with Crippen LogP contribution < -0.4 is 10.2 Å². The van der Waals surface area contributed by atoms with E-state index in [1.54, 1.807) is 7.11 Å². The Hall–Kier alpha value is -0.650. The summed E-state index contributed by atoms with van der Waals surface area (Å²) in [6.45, 7) is 8.02. The second-order valence-electron chi connectivity index (χ2n) is 6.95. The Kier molecular flexibility index (Phi) is 5.63. The molecule has 0 amide bonds.